The average Bonchev–Trinajstić information content (AvgIpc) is 2.97. The van der Waals surface area contributed by atoms with Gasteiger partial charge in [0.25, 0.3) is 15.9 Å². The number of fused-ring (bicyclic) bond motifs is 4. The number of sulfonamides is 1. The zero-order valence-corrected chi connectivity index (χ0v) is 29.2. The van der Waals surface area contributed by atoms with Gasteiger partial charge in [0.1, 0.15) is 12.4 Å². The summed E-state index contributed by atoms with van der Waals surface area (Å²) in [6.07, 6.45) is 2.06. The number of carbonyl (C=O) groups is 1. The average molecular weight is 678 g/mol. The molecular weight excluding hydrogens is 638 g/mol. The van der Waals surface area contributed by atoms with Crippen LogP contribution in [0.5, 0.6) is 11.6 Å². The van der Waals surface area contributed by atoms with Crippen molar-refractivity contribution in [2.75, 3.05) is 11.3 Å². The number of benzene rings is 2. The van der Waals surface area contributed by atoms with E-state index >= 15 is 0 Å². The summed E-state index contributed by atoms with van der Waals surface area (Å²) in [4.78, 5) is 29.5. The monoisotopic (exact) mass is 677 g/mol. The molecule has 1 N–H and O–H groups in total. The molecule has 0 saturated heterocycles. The molecule has 4 aromatic rings. The summed E-state index contributed by atoms with van der Waals surface area (Å²) >= 11 is 6.70. The number of rotatable bonds is 6. The highest BCUT2D eigenvalue weighted by Gasteiger charge is 2.32. The van der Waals surface area contributed by atoms with E-state index < -0.39 is 22.0 Å². The third kappa shape index (κ3) is 8.20. The smallest absolute Gasteiger partial charge is 0.264 e. The molecule has 0 aliphatic carbocycles. The number of carbonyl (C=O) groups excluding carboxylic acids is 1. The number of anilines is 1. The van der Waals surface area contributed by atoms with Gasteiger partial charge in [-0.1, -0.05) is 56.6 Å². The van der Waals surface area contributed by atoms with Gasteiger partial charge >= 0.3 is 0 Å². The van der Waals surface area contributed by atoms with E-state index in [2.05, 4.69) is 40.4 Å². The number of aromatic nitrogens is 3. The normalized spacial score (nSPS) is 16.4. The minimum absolute atomic E-state index is 0.0433. The molecule has 0 unspecified atom stereocenters. The van der Waals surface area contributed by atoms with E-state index in [1.807, 2.05) is 45.9 Å². The number of ether oxygens (including phenoxy) is 2. The molecule has 1 atom stereocenters. The summed E-state index contributed by atoms with van der Waals surface area (Å²) in [6.45, 7) is 14.1. The van der Waals surface area contributed by atoms with Gasteiger partial charge in [0.15, 0.2) is 0 Å². The molecule has 0 radical (unpaired) electrons. The van der Waals surface area contributed by atoms with Crippen LogP contribution in [0, 0.1) is 19.3 Å². The van der Waals surface area contributed by atoms with Gasteiger partial charge in [-0.25, -0.2) is 18.1 Å². The summed E-state index contributed by atoms with van der Waals surface area (Å²) < 4.78 is 41.9. The molecule has 3 heterocycles. The SMILES string of the molecule is Cc1cccc(C)c1-c1cc2nc(n1)NS(=O)(=O)c1cccc(c1)C(=O)N(Cc1ncc(OC(C)C)cc1Cl)[C@H](CC(C)(C)C)CO2. The number of amides is 1. The molecule has 2 aromatic heterocycles. The Morgan fingerprint density at radius 1 is 1.06 bits per heavy atom. The third-order valence-electron chi connectivity index (χ3n) is 7.61. The summed E-state index contributed by atoms with van der Waals surface area (Å²) in [5, 5.41) is 0.341. The first-order valence-electron chi connectivity index (χ1n) is 15.4. The second-order valence-electron chi connectivity index (χ2n) is 13.2. The van der Waals surface area contributed by atoms with E-state index in [0.29, 0.717) is 28.6 Å². The zero-order valence-electron chi connectivity index (χ0n) is 27.7. The van der Waals surface area contributed by atoms with E-state index in [4.69, 9.17) is 21.1 Å². The Kier molecular flexibility index (Phi) is 9.79. The van der Waals surface area contributed by atoms with Crippen molar-refractivity contribution in [1.82, 2.24) is 19.9 Å². The number of nitrogens with one attached hydrogen (secondary N) is 1. The fourth-order valence-corrected chi connectivity index (χ4v) is 6.82. The molecule has 1 amide bonds. The molecule has 0 saturated carbocycles. The van der Waals surface area contributed by atoms with Gasteiger partial charge in [-0.2, -0.15) is 4.98 Å². The highest BCUT2D eigenvalue weighted by atomic mass is 35.5. The number of hydrogen-bond acceptors (Lipinski definition) is 8. The van der Waals surface area contributed by atoms with E-state index in [-0.39, 0.29) is 47.0 Å². The van der Waals surface area contributed by atoms with Gasteiger partial charge < -0.3 is 14.4 Å². The number of aryl methyl sites for hydroxylation is 2. The maximum atomic E-state index is 14.4. The van der Waals surface area contributed by atoms with Crippen molar-refractivity contribution in [3.05, 3.63) is 88.2 Å². The van der Waals surface area contributed by atoms with Crippen LogP contribution in [-0.2, 0) is 16.6 Å². The van der Waals surface area contributed by atoms with Crippen LogP contribution < -0.4 is 14.2 Å². The van der Waals surface area contributed by atoms with Crippen molar-refractivity contribution in [3.63, 3.8) is 0 Å². The Balaban J connectivity index is 1.66. The van der Waals surface area contributed by atoms with Crippen LogP contribution in [-0.4, -0.2) is 52.9 Å². The van der Waals surface area contributed by atoms with Crippen LogP contribution in [0.1, 0.15) is 68.2 Å². The molecular formula is C35H40ClN5O5S. The summed E-state index contributed by atoms with van der Waals surface area (Å²) in [6, 6.07) is 14.7. The zero-order chi connectivity index (χ0) is 34.1. The Hall–Kier alpha value is -4.22. The van der Waals surface area contributed by atoms with E-state index in [0.717, 1.165) is 16.7 Å². The second kappa shape index (κ2) is 13.5. The number of hydrogen-bond donors (Lipinski definition) is 1. The van der Waals surface area contributed by atoms with Crippen LogP contribution in [0.4, 0.5) is 5.95 Å². The minimum atomic E-state index is -4.19. The first-order valence-corrected chi connectivity index (χ1v) is 17.3. The fourth-order valence-electron chi connectivity index (χ4n) is 5.61. The molecule has 248 valence electrons. The molecule has 1 aliphatic heterocycles. The molecule has 47 heavy (non-hydrogen) atoms. The van der Waals surface area contributed by atoms with Gasteiger partial charge in [-0.05, 0) is 68.9 Å². The standard InChI is InChI=1S/C35H40ClN5O5S/c1-21(2)46-26-15-28(36)30(37-18-26)19-41-25(17-35(5,6)7)20-45-31-16-29(32-22(3)10-8-11-23(32)4)38-34(39-31)40-47(43,44)27-13-9-12-24(14-27)33(41)42/h8-16,18,21,25H,17,19-20H2,1-7H3,(H,38,39,40)/t25-/m1/s1. The van der Waals surface area contributed by atoms with Gasteiger partial charge in [-0.15, -0.1) is 0 Å². The largest absolute Gasteiger partial charge is 0.489 e. The summed E-state index contributed by atoms with van der Waals surface area (Å²) in [7, 11) is -4.19. The van der Waals surface area contributed by atoms with Crippen LogP contribution in [0.2, 0.25) is 5.02 Å². The van der Waals surface area contributed by atoms with Crippen molar-refractivity contribution in [3.8, 4) is 22.9 Å². The number of pyridine rings is 1. The predicted octanol–water partition coefficient (Wildman–Crippen LogP) is 7.24. The van der Waals surface area contributed by atoms with Crippen LogP contribution in [0.3, 0.4) is 0 Å². The first kappa shape index (κ1) is 34.1. The summed E-state index contributed by atoms with van der Waals surface area (Å²) in [5.41, 5.74) is 3.71. The maximum Gasteiger partial charge on any atom is 0.264 e. The van der Waals surface area contributed by atoms with Gasteiger partial charge in [0, 0.05) is 23.3 Å². The van der Waals surface area contributed by atoms with Crippen molar-refractivity contribution < 1.29 is 22.7 Å². The topological polar surface area (TPSA) is 124 Å². The number of halogens is 1. The highest BCUT2D eigenvalue weighted by molar-refractivity contribution is 7.92. The first-order chi connectivity index (χ1) is 22.1. The lowest BCUT2D eigenvalue weighted by Crippen LogP contribution is -2.45. The lowest BCUT2D eigenvalue weighted by Gasteiger charge is -2.35. The second-order valence-corrected chi connectivity index (χ2v) is 15.3. The van der Waals surface area contributed by atoms with E-state index in [1.165, 1.54) is 18.2 Å². The molecule has 12 heteroatoms. The molecule has 2 aromatic carbocycles. The van der Waals surface area contributed by atoms with Crippen LogP contribution >= 0.6 is 11.6 Å². The molecule has 4 bridgehead atoms. The lowest BCUT2D eigenvalue weighted by molar-refractivity contribution is 0.0509. The third-order valence-corrected chi connectivity index (χ3v) is 9.27. The Bertz CT molecular complexity index is 1890. The molecule has 0 fully saturated rings. The molecule has 5 rings (SSSR count). The van der Waals surface area contributed by atoms with Crippen molar-refractivity contribution in [2.45, 2.75) is 78.5 Å². The highest BCUT2D eigenvalue weighted by Crippen LogP contribution is 2.32. The van der Waals surface area contributed by atoms with Gasteiger partial charge in [0.2, 0.25) is 11.8 Å². The van der Waals surface area contributed by atoms with E-state index in [1.54, 1.807) is 29.3 Å². The fraction of sp³-hybridized carbons (Fsp3) is 0.371. The lowest BCUT2D eigenvalue weighted by atomic mass is 9.87. The summed E-state index contributed by atoms with van der Waals surface area (Å²) in [5.74, 6) is 0.150. The van der Waals surface area contributed by atoms with Crippen molar-refractivity contribution in [2.24, 2.45) is 5.41 Å². The quantitative estimate of drug-likeness (QED) is 0.227. The Labute approximate surface area is 281 Å². The van der Waals surface area contributed by atoms with E-state index in [9.17, 15) is 13.2 Å². The molecule has 0 spiro atoms. The van der Waals surface area contributed by atoms with Crippen LogP contribution in [0.25, 0.3) is 11.3 Å². The molecule has 10 nitrogen and oxygen atoms in total. The van der Waals surface area contributed by atoms with Crippen LogP contribution in [0.15, 0.2) is 65.7 Å². The molecule has 1 aliphatic rings. The van der Waals surface area contributed by atoms with Crippen molar-refractivity contribution >= 4 is 33.5 Å². The minimum Gasteiger partial charge on any atom is -0.489 e. The maximum absolute atomic E-state index is 14.4. The number of nitrogens with zero attached hydrogens (tertiary/aromatic N) is 4. The van der Waals surface area contributed by atoms with Gasteiger partial charge in [-0.3, -0.25) is 9.78 Å². The Morgan fingerprint density at radius 2 is 1.77 bits per heavy atom. The Morgan fingerprint density at radius 3 is 2.43 bits per heavy atom. The van der Waals surface area contributed by atoms with Gasteiger partial charge in [0.05, 0.1) is 46.2 Å². The van der Waals surface area contributed by atoms with Crippen molar-refractivity contribution in [1.29, 1.82) is 0 Å². The predicted molar refractivity (Wildman–Crippen MR) is 182 cm³/mol.